The Morgan fingerprint density at radius 1 is 0.875 bits per heavy atom. The lowest BCUT2D eigenvalue weighted by atomic mass is 9.50. The van der Waals surface area contributed by atoms with Gasteiger partial charge in [0, 0.05) is 10.9 Å². The summed E-state index contributed by atoms with van der Waals surface area (Å²) < 4.78 is 24.7. The summed E-state index contributed by atoms with van der Waals surface area (Å²) in [5, 5.41) is 12.1. The highest BCUT2D eigenvalue weighted by molar-refractivity contribution is 6.30. The van der Waals surface area contributed by atoms with Crippen LogP contribution in [0, 0.1) is 35.4 Å². The van der Waals surface area contributed by atoms with Crippen molar-refractivity contribution in [1.29, 1.82) is 0 Å². The molecule has 4 amide bonds. The second-order valence-corrected chi connectivity index (χ2v) is 14.8. The van der Waals surface area contributed by atoms with Crippen molar-refractivity contribution < 1.29 is 38.1 Å². The fraction of sp³-hybridized carbons (Fsp3) is 0.227. The van der Waals surface area contributed by atoms with E-state index in [0.717, 1.165) is 16.1 Å². The Balaban J connectivity index is 1.30. The molecule has 2 N–H and O–H groups in total. The van der Waals surface area contributed by atoms with Crippen molar-refractivity contribution in [1.82, 2.24) is 5.01 Å². The van der Waals surface area contributed by atoms with Crippen molar-refractivity contribution in [2.45, 2.75) is 18.3 Å². The summed E-state index contributed by atoms with van der Waals surface area (Å²) in [4.78, 5) is 60.0. The number of hydrogen-bond donors (Lipinski definition) is 2. The number of halogens is 2. The van der Waals surface area contributed by atoms with Crippen molar-refractivity contribution in [3.8, 4) is 17.2 Å². The van der Waals surface area contributed by atoms with Crippen molar-refractivity contribution in [2.24, 2.45) is 29.6 Å². The monoisotopic (exact) mass is 773 g/mol. The van der Waals surface area contributed by atoms with Crippen molar-refractivity contribution >= 4 is 58.8 Å². The van der Waals surface area contributed by atoms with Gasteiger partial charge in [0.05, 0.1) is 48.8 Å². The zero-order chi connectivity index (χ0) is 39.5. The molecule has 8 rings (SSSR count). The zero-order valence-electron chi connectivity index (χ0n) is 30.4. The van der Waals surface area contributed by atoms with Crippen molar-refractivity contribution in [3.05, 3.63) is 137 Å². The van der Waals surface area contributed by atoms with Crippen molar-refractivity contribution in [2.75, 3.05) is 24.5 Å². The molecule has 2 saturated heterocycles. The van der Waals surface area contributed by atoms with Gasteiger partial charge in [0.1, 0.15) is 5.82 Å². The minimum absolute atomic E-state index is 0.0925. The molecule has 2 aliphatic heterocycles. The molecular weight excluding hydrogens is 737 g/mol. The standard InChI is InChI=1S/C44H37ClFN3O7/c1-4-24-5-16-30(17-6-24)48-40(51)32-19-18-31-33(38(32)42(48)53)23-35-41(52)49(47-29-14-12-28(46)13-15-29)43(54)44(35,26-8-10-27(45)11-9-26)34(31)20-7-25-21-36(55-2)39(50)37(22-25)56-3/h4-18,20-22,32-35,38,47,50H,1,19,23H2,2-3H3. The Morgan fingerprint density at radius 2 is 1.54 bits per heavy atom. The first-order valence-electron chi connectivity index (χ1n) is 18.1. The van der Waals surface area contributed by atoms with E-state index in [4.69, 9.17) is 21.1 Å². The van der Waals surface area contributed by atoms with E-state index in [1.807, 2.05) is 12.2 Å². The smallest absolute Gasteiger partial charge is 0.260 e. The second-order valence-electron chi connectivity index (χ2n) is 14.4. The van der Waals surface area contributed by atoms with Gasteiger partial charge in [0.15, 0.2) is 11.5 Å². The Hall–Kier alpha value is -6.20. The molecule has 10 nitrogen and oxygen atoms in total. The maximum Gasteiger partial charge on any atom is 0.260 e. The second kappa shape index (κ2) is 14.1. The summed E-state index contributed by atoms with van der Waals surface area (Å²) in [6, 6.07) is 22.4. The molecule has 284 valence electrons. The number of imide groups is 2. The number of nitrogens with one attached hydrogen (secondary N) is 1. The van der Waals surface area contributed by atoms with E-state index in [1.165, 1.54) is 43.4 Å². The van der Waals surface area contributed by atoms with Crippen LogP contribution in [-0.2, 0) is 24.6 Å². The Kier molecular flexibility index (Phi) is 9.28. The number of benzene rings is 4. The SMILES string of the molecule is C=Cc1ccc(N2C(=O)C3CC=C4C(CC5C(=O)N(Nc6ccc(F)cc6)C(=O)C5(c5ccc(Cl)cc5)C4C=Cc4cc(OC)c(O)c(OC)c4)C3C2=O)cc1. The van der Waals surface area contributed by atoms with E-state index in [9.17, 15) is 23.9 Å². The molecule has 2 heterocycles. The first-order chi connectivity index (χ1) is 27.0. The van der Waals surface area contributed by atoms with Crippen molar-refractivity contribution in [3.63, 3.8) is 0 Å². The van der Waals surface area contributed by atoms with E-state index >= 15 is 4.79 Å². The molecule has 12 heteroatoms. The van der Waals surface area contributed by atoms with E-state index in [2.05, 4.69) is 12.0 Å². The van der Waals surface area contributed by atoms with E-state index in [0.29, 0.717) is 27.5 Å². The van der Waals surface area contributed by atoms with E-state index < -0.39 is 52.6 Å². The first-order valence-corrected chi connectivity index (χ1v) is 18.5. The van der Waals surface area contributed by atoms with Crippen LogP contribution in [0.4, 0.5) is 15.8 Å². The predicted octanol–water partition coefficient (Wildman–Crippen LogP) is 7.58. The molecule has 6 unspecified atom stereocenters. The van der Waals surface area contributed by atoms with Crippen LogP contribution in [-0.4, -0.2) is 48.0 Å². The minimum Gasteiger partial charge on any atom is -0.502 e. The van der Waals surface area contributed by atoms with Gasteiger partial charge in [-0.1, -0.05) is 72.3 Å². The van der Waals surface area contributed by atoms with Gasteiger partial charge in [0.25, 0.3) is 11.8 Å². The third-order valence-electron chi connectivity index (χ3n) is 11.7. The minimum atomic E-state index is -1.54. The molecule has 2 aliphatic carbocycles. The van der Waals surface area contributed by atoms with Gasteiger partial charge in [-0.2, -0.15) is 5.01 Å². The maximum absolute atomic E-state index is 15.3. The van der Waals surface area contributed by atoms with Gasteiger partial charge < -0.3 is 14.6 Å². The van der Waals surface area contributed by atoms with Crippen LogP contribution in [0.15, 0.2) is 109 Å². The number of phenols is 1. The molecule has 3 fully saturated rings. The lowest BCUT2D eigenvalue weighted by Gasteiger charge is -2.49. The average molecular weight is 774 g/mol. The largest absolute Gasteiger partial charge is 0.502 e. The molecule has 56 heavy (non-hydrogen) atoms. The van der Waals surface area contributed by atoms with Crippen LogP contribution in [0.5, 0.6) is 17.2 Å². The van der Waals surface area contributed by atoms with Gasteiger partial charge in [-0.05, 0) is 96.1 Å². The molecule has 0 spiro atoms. The molecule has 4 aromatic carbocycles. The van der Waals surface area contributed by atoms with E-state index in [-0.39, 0.29) is 41.9 Å². The summed E-state index contributed by atoms with van der Waals surface area (Å²) in [6.07, 6.45) is 7.57. The molecule has 6 atom stereocenters. The number of hydrogen-bond acceptors (Lipinski definition) is 8. The summed E-state index contributed by atoms with van der Waals surface area (Å²) in [7, 11) is 2.83. The van der Waals surface area contributed by atoms with Crippen LogP contribution < -0.4 is 19.8 Å². The number of anilines is 2. The Labute approximate surface area is 327 Å². The fourth-order valence-electron chi connectivity index (χ4n) is 9.13. The normalized spacial score (nSPS) is 25.5. The fourth-order valence-corrected chi connectivity index (χ4v) is 9.26. The number of phenolic OH excluding ortho intramolecular Hbond substituents is 1. The molecule has 0 aromatic heterocycles. The summed E-state index contributed by atoms with van der Waals surface area (Å²) in [5.74, 6) is -6.00. The van der Waals surface area contributed by atoms with Gasteiger partial charge in [0.2, 0.25) is 17.6 Å². The van der Waals surface area contributed by atoms with Gasteiger partial charge >= 0.3 is 0 Å². The molecule has 0 bridgehead atoms. The molecule has 1 saturated carbocycles. The van der Waals surface area contributed by atoms with Gasteiger partial charge in [-0.25, -0.2) is 4.39 Å². The summed E-state index contributed by atoms with van der Waals surface area (Å²) >= 11 is 6.38. The highest BCUT2D eigenvalue weighted by Crippen LogP contribution is 2.62. The third-order valence-corrected chi connectivity index (χ3v) is 11.9. The number of allylic oxidation sites excluding steroid dienone is 3. The van der Waals surface area contributed by atoms with Crippen LogP contribution in [0.1, 0.15) is 29.5 Å². The number of methoxy groups -OCH3 is 2. The number of nitrogens with zero attached hydrogens (tertiary/aromatic N) is 2. The number of fused-ring (bicyclic) bond motifs is 4. The summed E-state index contributed by atoms with van der Waals surface area (Å²) in [6.45, 7) is 3.79. The highest BCUT2D eigenvalue weighted by atomic mass is 35.5. The number of rotatable bonds is 9. The molecule has 0 radical (unpaired) electrons. The number of aromatic hydroxyl groups is 1. The zero-order valence-corrected chi connectivity index (χ0v) is 31.2. The number of ether oxygens (including phenoxy) is 2. The lowest BCUT2D eigenvalue weighted by Crippen LogP contribution is -2.54. The van der Waals surface area contributed by atoms with E-state index in [1.54, 1.807) is 72.8 Å². The Bertz CT molecular complexity index is 2320. The quantitative estimate of drug-likeness (QED) is 0.132. The van der Waals surface area contributed by atoms with Gasteiger partial charge in [-0.15, -0.1) is 0 Å². The highest BCUT2D eigenvalue weighted by Gasteiger charge is 2.69. The predicted molar refractivity (Wildman–Crippen MR) is 209 cm³/mol. The molecule has 4 aliphatic rings. The third kappa shape index (κ3) is 5.68. The number of carbonyl (C=O) groups excluding carboxylic acids is 4. The van der Waals surface area contributed by atoms with Gasteiger partial charge in [-0.3, -0.25) is 29.5 Å². The number of hydrazine groups is 1. The molecule has 4 aromatic rings. The van der Waals surface area contributed by atoms with Crippen LogP contribution >= 0.6 is 11.6 Å². The first kappa shape index (κ1) is 36.8. The average Bonchev–Trinajstić information content (AvgIpc) is 3.59. The number of carbonyl (C=O) groups is 4. The Morgan fingerprint density at radius 3 is 2.16 bits per heavy atom. The maximum atomic E-state index is 15.3. The topological polar surface area (TPSA) is 125 Å². The van der Waals surface area contributed by atoms with Crippen LogP contribution in [0.25, 0.3) is 12.2 Å². The number of amides is 4. The van der Waals surface area contributed by atoms with Crippen LogP contribution in [0.3, 0.4) is 0 Å². The lowest BCUT2D eigenvalue weighted by molar-refractivity contribution is -0.139. The molecular formula is C44H37ClFN3O7. The van der Waals surface area contributed by atoms with Crippen LogP contribution in [0.2, 0.25) is 5.02 Å². The summed E-state index contributed by atoms with van der Waals surface area (Å²) in [5.41, 5.74) is 4.85.